The highest BCUT2D eigenvalue weighted by molar-refractivity contribution is 6.30. The molecule has 1 heterocycles. The Kier molecular flexibility index (Phi) is 7.96. The number of hydrogen-bond donors (Lipinski definition) is 1. The number of hydrogen-bond acceptors (Lipinski definition) is 4. The number of alkyl halides is 3. The monoisotopic (exact) mass is 551 g/mol. The van der Waals surface area contributed by atoms with Gasteiger partial charge in [0.1, 0.15) is 17.6 Å². The Hall–Kier alpha value is -3.27. The van der Waals surface area contributed by atoms with E-state index in [1.54, 1.807) is 55.5 Å². The van der Waals surface area contributed by atoms with Crippen molar-refractivity contribution in [2.45, 2.75) is 25.2 Å². The van der Waals surface area contributed by atoms with Gasteiger partial charge in [0.05, 0.1) is 30.9 Å². The quantitative estimate of drug-likeness (QED) is 0.329. The normalized spacial score (nSPS) is 17.5. The third kappa shape index (κ3) is 5.69. The number of halogens is 5. The highest BCUT2D eigenvalue weighted by Crippen LogP contribution is 2.45. The summed E-state index contributed by atoms with van der Waals surface area (Å²) in [5.41, 5.74) is 3.07. The maximum atomic E-state index is 13.5. The molecule has 2 unspecified atom stereocenters. The van der Waals surface area contributed by atoms with Crippen LogP contribution in [0.5, 0.6) is 5.75 Å². The van der Waals surface area contributed by atoms with Crippen LogP contribution in [-0.4, -0.2) is 30.5 Å². The van der Waals surface area contributed by atoms with Gasteiger partial charge in [-0.15, -0.1) is 0 Å². The molecule has 0 bridgehead atoms. The van der Waals surface area contributed by atoms with E-state index in [0.717, 1.165) is 17.7 Å². The first-order valence-electron chi connectivity index (χ1n) is 11.2. The minimum Gasteiger partial charge on any atom is -0.493 e. The van der Waals surface area contributed by atoms with E-state index in [2.05, 4.69) is 5.48 Å². The molecule has 2 atom stereocenters. The van der Waals surface area contributed by atoms with Crippen LogP contribution in [0, 0.1) is 0 Å². The van der Waals surface area contributed by atoms with Crippen LogP contribution in [0.2, 0.25) is 10.0 Å². The topological polar surface area (TPSA) is 63.2 Å². The molecule has 0 aliphatic carbocycles. The Balaban J connectivity index is 1.93. The molecule has 0 saturated heterocycles. The smallest absolute Gasteiger partial charge is 0.416 e. The predicted molar refractivity (Wildman–Crippen MR) is 135 cm³/mol. The van der Waals surface area contributed by atoms with Gasteiger partial charge < -0.3 is 4.74 Å². The van der Waals surface area contributed by atoms with Gasteiger partial charge in [0.2, 0.25) is 0 Å². The molecule has 0 aromatic heterocycles. The fraction of sp³-hybridized carbons (Fsp3) is 0.231. The fourth-order valence-electron chi connectivity index (χ4n) is 4.16. The van der Waals surface area contributed by atoms with Crippen molar-refractivity contribution in [1.29, 1.82) is 0 Å². The van der Waals surface area contributed by atoms with Crippen LogP contribution in [0.25, 0.3) is 0 Å². The highest BCUT2D eigenvalue weighted by Gasteiger charge is 2.43. The molecule has 0 fully saturated rings. The van der Waals surface area contributed by atoms with Crippen molar-refractivity contribution >= 4 is 35.1 Å². The zero-order valence-electron chi connectivity index (χ0n) is 19.7. The largest absolute Gasteiger partial charge is 0.493 e. The molecule has 2 amide bonds. The molecule has 1 aliphatic rings. The zero-order valence-corrected chi connectivity index (χ0v) is 21.2. The molecule has 1 aliphatic heterocycles. The van der Waals surface area contributed by atoms with Crippen molar-refractivity contribution in [2.75, 3.05) is 13.7 Å². The maximum absolute atomic E-state index is 13.5. The van der Waals surface area contributed by atoms with Gasteiger partial charge in [-0.3, -0.25) is 14.7 Å². The van der Waals surface area contributed by atoms with Crippen molar-refractivity contribution in [3.8, 4) is 5.75 Å². The summed E-state index contributed by atoms with van der Waals surface area (Å²) in [7, 11) is 1.28. The van der Waals surface area contributed by atoms with E-state index in [-0.39, 0.29) is 23.8 Å². The summed E-state index contributed by atoms with van der Waals surface area (Å²) in [6.45, 7) is 1.76. The number of nitrogens with one attached hydrogen (secondary N) is 1. The van der Waals surface area contributed by atoms with E-state index in [9.17, 15) is 18.0 Å². The number of urea groups is 1. The van der Waals surface area contributed by atoms with Crippen molar-refractivity contribution in [1.82, 2.24) is 10.4 Å². The number of nitrogens with zero attached hydrogens (tertiary/aromatic N) is 2. The molecule has 6 nitrogen and oxygen atoms in total. The second-order valence-electron chi connectivity index (χ2n) is 8.07. The summed E-state index contributed by atoms with van der Waals surface area (Å²) in [5.74, 6) is 0.0597. The molecule has 194 valence electrons. The standard InChI is InChI=1S/C26H22Cl2F3N3O3/c1-3-37-21-14-17(26(29,30)31)8-13-20(21)24-32-22(15-4-9-18(27)10-5-15)23(34(24)25(35)33-36-2)16-6-11-19(28)12-7-16/h4-14,22-23H,3H2,1-2H3,(H,33,35). The molecular formula is C26H22Cl2F3N3O3. The number of carbonyl (C=O) groups is 1. The third-order valence-corrected chi connectivity index (χ3v) is 6.25. The van der Waals surface area contributed by atoms with Crippen LogP contribution >= 0.6 is 23.2 Å². The van der Waals surface area contributed by atoms with Crippen LogP contribution in [0.4, 0.5) is 18.0 Å². The number of amides is 2. The zero-order chi connectivity index (χ0) is 26.7. The van der Waals surface area contributed by atoms with Gasteiger partial charge in [-0.25, -0.2) is 10.3 Å². The van der Waals surface area contributed by atoms with Gasteiger partial charge in [-0.05, 0) is 60.5 Å². The lowest BCUT2D eigenvalue weighted by Crippen LogP contribution is -2.44. The van der Waals surface area contributed by atoms with Gasteiger partial charge in [-0.1, -0.05) is 47.5 Å². The first-order valence-corrected chi connectivity index (χ1v) is 11.9. The third-order valence-electron chi connectivity index (χ3n) is 5.75. The molecule has 0 saturated carbocycles. The Morgan fingerprint density at radius 3 is 2.14 bits per heavy atom. The lowest BCUT2D eigenvalue weighted by atomic mass is 9.94. The van der Waals surface area contributed by atoms with Crippen LogP contribution in [0.3, 0.4) is 0 Å². The molecule has 3 aromatic carbocycles. The number of ether oxygens (including phenoxy) is 1. The van der Waals surface area contributed by atoms with E-state index in [1.807, 2.05) is 0 Å². The van der Waals surface area contributed by atoms with E-state index in [4.69, 9.17) is 37.8 Å². The summed E-state index contributed by atoms with van der Waals surface area (Å²) in [4.78, 5) is 24.4. The second kappa shape index (κ2) is 11.0. The summed E-state index contributed by atoms with van der Waals surface area (Å²) < 4.78 is 45.9. The van der Waals surface area contributed by atoms with Gasteiger partial charge in [0.25, 0.3) is 0 Å². The number of hydroxylamine groups is 1. The predicted octanol–water partition coefficient (Wildman–Crippen LogP) is 7.23. The summed E-state index contributed by atoms with van der Waals surface area (Å²) >= 11 is 12.2. The van der Waals surface area contributed by atoms with Crippen molar-refractivity contribution in [2.24, 2.45) is 4.99 Å². The van der Waals surface area contributed by atoms with Gasteiger partial charge in [0, 0.05) is 10.0 Å². The van der Waals surface area contributed by atoms with Crippen LogP contribution in [0.1, 0.15) is 41.3 Å². The minimum atomic E-state index is -4.58. The number of amidine groups is 1. The van der Waals surface area contributed by atoms with Crippen molar-refractivity contribution in [3.05, 3.63) is 99.0 Å². The Labute approximate surface area is 221 Å². The second-order valence-corrected chi connectivity index (χ2v) is 8.94. The fourth-order valence-corrected chi connectivity index (χ4v) is 4.41. The number of carbonyl (C=O) groups excluding carboxylic acids is 1. The summed E-state index contributed by atoms with van der Waals surface area (Å²) in [5, 5.41) is 1.02. The van der Waals surface area contributed by atoms with Crippen LogP contribution in [-0.2, 0) is 11.0 Å². The minimum absolute atomic E-state index is 0.0575. The van der Waals surface area contributed by atoms with E-state index in [1.165, 1.54) is 18.1 Å². The van der Waals surface area contributed by atoms with E-state index < -0.39 is 29.9 Å². The van der Waals surface area contributed by atoms with Crippen molar-refractivity contribution in [3.63, 3.8) is 0 Å². The van der Waals surface area contributed by atoms with Gasteiger partial charge >= 0.3 is 12.2 Å². The van der Waals surface area contributed by atoms with Crippen LogP contribution < -0.4 is 10.2 Å². The highest BCUT2D eigenvalue weighted by atomic mass is 35.5. The molecule has 4 rings (SSSR count). The van der Waals surface area contributed by atoms with Crippen molar-refractivity contribution < 1.29 is 27.5 Å². The Morgan fingerprint density at radius 2 is 1.59 bits per heavy atom. The average Bonchev–Trinajstić information content (AvgIpc) is 3.25. The average molecular weight is 552 g/mol. The lowest BCUT2D eigenvalue weighted by Gasteiger charge is -2.29. The molecule has 0 radical (unpaired) electrons. The molecular weight excluding hydrogens is 530 g/mol. The van der Waals surface area contributed by atoms with E-state index in [0.29, 0.717) is 15.6 Å². The number of rotatable bonds is 6. The lowest BCUT2D eigenvalue weighted by molar-refractivity contribution is -0.137. The van der Waals surface area contributed by atoms with Gasteiger partial charge in [0.15, 0.2) is 0 Å². The van der Waals surface area contributed by atoms with Gasteiger partial charge in [-0.2, -0.15) is 13.2 Å². The Bertz CT molecular complexity index is 1300. The molecule has 0 spiro atoms. The molecule has 3 aromatic rings. The van der Waals surface area contributed by atoms with Crippen LogP contribution in [0.15, 0.2) is 71.7 Å². The van der Waals surface area contributed by atoms with E-state index >= 15 is 0 Å². The summed E-state index contributed by atoms with van der Waals surface area (Å²) in [6, 6.07) is 15.0. The summed E-state index contributed by atoms with van der Waals surface area (Å²) in [6.07, 6.45) is -4.58. The maximum Gasteiger partial charge on any atom is 0.416 e. The SMILES string of the molecule is CCOc1cc(C(F)(F)F)ccc1C1=NC(c2ccc(Cl)cc2)C(c2ccc(Cl)cc2)N1C(=O)NOC. The molecule has 37 heavy (non-hydrogen) atoms. The molecule has 1 N–H and O–H groups in total. The molecule has 11 heteroatoms. The first kappa shape index (κ1) is 26.8. The number of aliphatic imine (C=N–C) groups is 1. The Morgan fingerprint density at radius 1 is 1.00 bits per heavy atom. The first-order chi connectivity index (χ1) is 17.6. The number of benzene rings is 3.